The molecule has 3 rings (SSSR count). The molecule has 1 aliphatic rings. The van der Waals surface area contributed by atoms with Gasteiger partial charge >= 0.3 is 0 Å². The highest BCUT2D eigenvalue weighted by Gasteiger charge is 2.16. The van der Waals surface area contributed by atoms with E-state index in [1.165, 1.54) is 5.57 Å². The van der Waals surface area contributed by atoms with E-state index in [9.17, 15) is 0 Å². The molecular weight excluding hydrogens is 398 g/mol. The summed E-state index contributed by atoms with van der Waals surface area (Å²) in [5, 5.41) is 0.810. The molecule has 2 aromatic rings. The fourth-order valence-electron chi connectivity index (χ4n) is 3.10. The van der Waals surface area contributed by atoms with Gasteiger partial charge in [0.2, 0.25) is 0 Å². The van der Waals surface area contributed by atoms with E-state index < -0.39 is 0 Å². The Labute approximate surface area is 184 Å². The topological polar surface area (TPSA) is 35.2 Å². The second-order valence-electron chi connectivity index (χ2n) is 7.89. The number of ether oxygens (including phenoxy) is 1. The summed E-state index contributed by atoms with van der Waals surface area (Å²) in [5.41, 5.74) is 8.53. The fraction of sp³-hybridized carbons (Fsp3) is 0.360. The van der Waals surface area contributed by atoms with Gasteiger partial charge in [0, 0.05) is 20.4 Å². The van der Waals surface area contributed by atoms with E-state index >= 15 is 0 Å². The van der Waals surface area contributed by atoms with E-state index in [0.29, 0.717) is 6.61 Å². The molecule has 0 aromatic heterocycles. The third-order valence-electron chi connectivity index (χ3n) is 5.32. The summed E-state index contributed by atoms with van der Waals surface area (Å²) >= 11 is 8.24. The van der Waals surface area contributed by atoms with Crippen LogP contribution in [-0.4, -0.2) is 12.1 Å². The van der Waals surface area contributed by atoms with Crippen LogP contribution in [0.3, 0.4) is 0 Å². The molecule has 29 heavy (non-hydrogen) atoms. The number of halogens is 1. The molecule has 0 saturated carbocycles. The van der Waals surface area contributed by atoms with Gasteiger partial charge in [0.05, 0.1) is 0 Å². The number of benzene rings is 2. The van der Waals surface area contributed by atoms with Crippen molar-refractivity contribution in [2.24, 2.45) is 5.73 Å². The molecule has 4 heteroatoms. The third kappa shape index (κ3) is 6.95. The van der Waals surface area contributed by atoms with Crippen LogP contribution in [0.15, 0.2) is 76.1 Å². The quantitative estimate of drug-likeness (QED) is 0.459. The Morgan fingerprint density at radius 2 is 1.97 bits per heavy atom. The van der Waals surface area contributed by atoms with Gasteiger partial charge in [-0.15, -0.1) is 0 Å². The van der Waals surface area contributed by atoms with E-state index in [-0.39, 0.29) is 5.54 Å². The molecule has 0 unspecified atom stereocenters. The Kier molecular flexibility index (Phi) is 7.88. The molecule has 0 fully saturated rings. The van der Waals surface area contributed by atoms with Crippen molar-refractivity contribution in [1.82, 2.24) is 0 Å². The maximum absolute atomic E-state index is 6.54. The van der Waals surface area contributed by atoms with Gasteiger partial charge in [-0.3, -0.25) is 0 Å². The highest BCUT2D eigenvalue weighted by atomic mass is 35.5. The van der Waals surface area contributed by atoms with Gasteiger partial charge in [0.15, 0.2) is 0 Å². The summed E-state index contributed by atoms with van der Waals surface area (Å²) < 4.78 is 5.97. The molecule has 0 saturated heterocycles. The van der Waals surface area contributed by atoms with Crippen molar-refractivity contribution in [3.8, 4) is 5.75 Å². The number of hydrogen-bond donors (Lipinski definition) is 1. The number of nitrogens with two attached hydrogens (primary N) is 1. The minimum Gasteiger partial charge on any atom is -0.489 e. The Morgan fingerprint density at radius 3 is 2.69 bits per heavy atom. The van der Waals surface area contributed by atoms with Crippen LogP contribution in [0.5, 0.6) is 5.75 Å². The van der Waals surface area contributed by atoms with E-state index in [2.05, 4.69) is 56.3 Å². The maximum atomic E-state index is 6.54. The minimum absolute atomic E-state index is 0.138. The first-order chi connectivity index (χ1) is 13.9. The first-order valence-corrected chi connectivity index (χ1v) is 11.5. The lowest BCUT2D eigenvalue weighted by Gasteiger charge is -2.22. The van der Waals surface area contributed by atoms with Crippen LogP contribution in [0.1, 0.15) is 45.1 Å². The Balaban J connectivity index is 1.60. The number of hydrogen-bond acceptors (Lipinski definition) is 3. The van der Waals surface area contributed by atoms with Crippen molar-refractivity contribution in [2.75, 3.05) is 6.61 Å². The van der Waals surface area contributed by atoms with Crippen LogP contribution in [0.25, 0.3) is 0 Å². The molecule has 0 amide bonds. The molecule has 154 valence electrons. The van der Waals surface area contributed by atoms with Crippen molar-refractivity contribution >= 4 is 23.4 Å². The molecule has 0 bridgehead atoms. The van der Waals surface area contributed by atoms with Crippen LogP contribution in [0.4, 0.5) is 0 Å². The lowest BCUT2D eigenvalue weighted by Crippen LogP contribution is -2.35. The van der Waals surface area contributed by atoms with Crippen molar-refractivity contribution in [3.05, 3.63) is 76.9 Å². The fourth-order valence-corrected chi connectivity index (χ4v) is 4.34. The molecule has 1 atom stereocenters. The smallest absolute Gasteiger partial charge is 0.120 e. The minimum atomic E-state index is -0.138. The van der Waals surface area contributed by atoms with Crippen LogP contribution < -0.4 is 10.5 Å². The zero-order valence-electron chi connectivity index (χ0n) is 17.3. The van der Waals surface area contributed by atoms with E-state index in [1.54, 1.807) is 11.8 Å². The highest BCUT2D eigenvalue weighted by Crippen LogP contribution is 2.33. The Hall–Kier alpha value is -1.68. The summed E-state index contributed by atoms with van der Waals surface area (Å²) in [6.45, 7) is 4.84. The standard InChI is InChI=1S/C25H30ClNOS/c1-3-25(2,27)15-14-20-12-13-23(17-24(20)26)29-22-11-7-10-21(16-22)28-18-19-8-5-4-6-9-19/h5,7-13,16-17H,3-4,6,14-15,18,27H2,1-2H3/t25-/m0/s1. The van der Waals surface area contributed by atoms with Crippen molar-refractivity contribution in [3.63, 3.8) is 0 Å². The summed E-state index contributed by atoms with van der Waals surface area (Å²) in [4.78, 5) is 2.26. The molecule has 0 radical (unpaired) electrons. The van der Waals surface area contributed by atoms with Crippen LogP contribution in [0, 0.1) is 0 Å². The molecule has 1 aliphatic carbocycles. The first-order valence-electron chi connectivity index (χ1n) is 10.3. The van der Waals surface area contributed by atoms with Crippen molar-refractivity contribution < 1.29 is 4.74 Å². The van der Waals surface area contributed by atoms with Crippen molar-refractivity contribution in [2.45, 2.75) is 61.3 Å². The molecule has 2 aromatic carbocycles. The number of aryl methyl sites for hydroxylation is 1. The average Bonchev–Trinajstić information content (AvgIpc) is 2.73. The van der Waals surface area contributed by atoms with Gasteiger partial charge in [-0.2, -0.15) is 0 Å². The molecule has 0 heterocycles. The predicted octanol–water partition coefficient (Wildman–Crippen LogP) is 7.21. The second kappa shape index (κ2) is 10.4. The zero-order valence-corrected chi connectivity index (χ0v) is 18.9. The Bertz CT molecular complexity index is 888. The summed E-state index contributed by atoms with van der Waals surface area (Å²) in [6, 6.07) is 14.5. The summed E-state index contributed by atoms with van der Waals surface area (Å²) in [7, 11) is 0. The Morgan fingerprint density at radius 1 is 1.14 bits per heavy atom. The SMILES string of the molecule is CC[C@](C)(N)CCc1ccc(Sc2cccc(OCC3=CCCC=C3)c2)cc1Cl. The molecular formula is C25H30ClNOS. The lowest BCUT2D eigenvalue weighted by atomic mass is 9.92. The van der Waals surface area contributed by atoms with Crippen LogP contribution >= 0.6 is 23.4 Å². The molecule has 0 spiro atoms. The zero-order chi connectivity index (χ0) is 20.7. The lowest BCUT2D eigenvalue weighted by molar-refractivity contribution is 0.354. The third-order valence-corrected chi connectivity index (χ3v) is 6.65. The van der Waals surface area contributed by atoms with Crippen LogP contribution in [0.2, 0.25) is 5.02 Å². The second-order valence-corrected chi connectivity index (χ2v) is 9.44. The largest absolute Gasteiger partial charge is 0.489 e. The average molecular weight is 428 g/mol. The van der Waals surface area contributed by atoms with E-state index in [1.807, 2.05) is 18.2 Å². The van der Waals surface area contributed by atoms with Gasteiger partial charge in [-0.1, -0.05) is 60.6 Å². The predicted molar refractivity (Wildman–Crippen MR) is 125 cm³/mol. The van der Waals surface area contributed by atoms with E-state index in [0.717, 1.165) is 58.2 Å². The summed E-state index contributed by atoms with van der Waals surface area (Å²) in [5.74, 6) is 0.888. The van der Waals surface area contributed by atoms with Gasteiger partial charge in [-0.25, -0.2) is 0 Å². The van der Waals surface area contributed by atoms with Crippen molar-refractivity contribution in [1.29, 1.82) is 0 Å². The van der Waals surface area contributed by atoms with Gasteiger partial charge in [0.25, 0.3) is 0 Å². The molecule has 2 nitrogen and oxygen atoms in total. The van der Waals surface area contributed by atoms with Crippen LogP contribution in [-0.2, 0) is 6.42 Å². The monoisotopic (exact) mass is 427 g/mol. The maximum Gasteiger partial charge on any atom is 0.120 e. The molecule has 2 N–H and O–H groups in total. The summed E-state index contributed by atoms with van der Waals surface area (Å²) in [6.07, 6.45) is 11.6. The van der Waals surface area contributed by atoms with Gasteiger partial charge in [-0.05, 0) is 80.5 Å². The normalized spacial score (nSPS) is 15.7. The number of allylic oxidation sites excluding steroid dienone is 2. The van der Waals surface area contributed by atoms with Gasteiger partial charge in [0.1, 0.15) is 12.4 Å². The van der Waals surface area contributed by atoms with Gasteiger partial charge < -0.3 is 10.5 Å². The first kappa shape index (κ1) is 22.0. The number of rotatable bonds is 9. The van der Waals surface area contributed by atoms with E-state index in [4.69, 9.17) is 22.1 Å². The molecule has 0 aliphatic heterocycles. The highest BCUT2D eigenvalue weighted by molar-refractivity contribution is 7.99.